The van der Waals surface area contributed by atoms with Gasteiger partial charge in [0.25, 0.3) is 5.91 Å². The standard InChI is InChI=1S/C18H29N3O3/c1-7-24-16(22)11-20(13-8-9-13)17(23)14-10-15(12(2)3)21(19-14)18(4,5)6/h10,12-13H,7-9,11H2,1-6H3. The molecule has 0 unspecified atom stereocenters. The summed E-state index contributed by atoms with van der Waals surface area (Å²) in [5, 5.41) is 4.56. The number of carbonyl (C=O) groups excluding carboxylic acids is 2. The van der Waals surface area contributed by atoms with Crippen molar-refractivity contribution < 1.29 is 14.3 Å². The number of amides is 1. The lowest BCUT2D eigenvalue weighted by Crippen LogP contribution is -2.38. The molecule has 1 amide bonds. The van der Waals surface area contributed by atoms with Crippen molar-refractivity contribution in [3.8, 4) is 0 Å². The fourth-order valence-corrected chi connectivity index (χ4v) is 2.69. The fourth-order valence-electron chi connectivity index (χ4n) is 2.69. The van der Waals surface area contributed by atoms with Gasteiger partial charge in [0.05, 0.1) is 12.1 Å². The lowest BCUT2D eigenvalue weighted by molar-refractivity contribution is -0.144. The molecule has 6 heteroatoms. The van der Waals surface area contributed by atoms with Gasteiger partial charge in [-0.25, -0.2) is 0 Å². The third kappa shape index (κ3) is 4.16. The second-order valence-electron chi connectivity index (χ2n) is 7.66. The van der Waals surface area contributed by atoms with Crippen LogP contribution < -0.4 is 0 Å². The molecule has 6 nitrogen and oxygen atoms in total. The second kappa shape index (κ2) is 6.95. The molecule has 1 saturated carbocycles. The lowest BCUT2D eigenvalue weighted by Gasteiger charge is -2.24. The zero-order chi connectivity index (χ0) is 18.1. The summed E-state index contributed by atoms with van der Waals surface area (Å²) in [7, 11) is 0. The van der Waals surface area contributed by atoms with Crippen molar-refractivity contribution in [3.05, 3.63) is 17.5 Å². The van der Waals surface area contributed by atoms with Crippen molar-refractivity contribution in [2.75, 3.05) is 13.2 Å². The van der Waals surface area contributed by atoms with E-state index in [0.717, 1.165) is 18.5 Å². The van der Waals surface area contributed by atoms with Gasteiger partial charge in [0.2, 0.25) is 0 Å². The van der Waals surface area contributed by atoms with Crippen molar-refractivity contribution in [3.63, 3.8) is 0 Å². The zero-order valence-electron chi connectivity index (χ0n) is 15.6. The summed E-state index contributed by atoms with van der Waals surface area (Å²) in [6.07, 6.45) is 1.87. The van der Waals surface area contributed by atoms with Crippen LogP contribution in [-0.2, 0) is 15.1 Å². The van der Waals surface area contributed by atoms with Gasteiger partial charge < -0.3 is 9.64 Å². The van der Waals surface area contributed by atoms with Crippen LogP contribution in [0, 0.1) is 0 Å². The number of carbonyl (C=O) groups is 2. The number of hydrogen-bond acceptors (Lipinski definition) is 4. The first-order valence-electron chi connectivity index (χ1n) is 8.72. The third-order valence-electron chi connectivity index (χ3n) is 4.04. The Bertz CT molecular complexity index is 610. The summed E-state index contributed by atoms with van der Waals surface area (Å²) in [5.41, 5.74) is 1.23. The Balaban J connectivity index is 2.28. The summed E-state index contributed by atoms with van der Waals surface area (Å²) in [4.78, 5) is 26.4. The maximum Gasteiger partial charge on any atom is 0.325 e. The number of ether oxygens (including phenoxy) is 1. The highest BCUT2D eigenvalue weighted by Crippen LogP contribution is 2.29. The molecule has 0 bridgehead atoms. The molecule has 0 aliphatic heterocycles. The van der Waals surface area contributed by atoms with E-state index < -0.39 is 0 Å². The van der Waals surface area contributed by atoms with Crippen LogP contribution in [0.4, 0.5) is 0 Å². The number of aromatic nitrogens is 2. The Morgan fingerprint density at radius 3 is 2.42 bits per heavy atom. The van der Waals surface area contributed by atoms with E-state index in [1.54, 1.807) is 11.8 Å². The van der Waals surface area contributed by atoms with Gasteiger partial charge >= 0.3 is 5.97 Å². The van der Waals surface area contributed by atoms with Crippen LogP contribution in [0.5, 0.6) is 0 Å². The molecule has 1 aliphatic rings. The predicted octanol–water partition coefficient (Wildman–Crippen LogP) is 2.93. The highest BCUT2D eigenvalue weighted by atomic mass is 16.5. The van der Waals surface area contributed by atoms with Crippen molar-refractivity contribution in [1.29, 1.82) is 0 Å². The summed E-state index contributed by atoms with van der Waals surface area (Å²) < 4.78 is 6.92. The molecule has 0 saturated heterocycles. The maximum absolute atomic E-state index is 12.9. The molecular weight excluding hydrogens is 306 g/mol. The van der Waals surface area contributed by atoms with Crippen molar-refractivity contribution >= 4 is 11.9 Å². The minimum atomic E-state index is -0.364. The monoisotopic (exact) mass is 335 g/mol. The number of esters is 1. The Hall–Kier alpha value is -1.85. The molecule has 2 rings (SSSR count). The molecule has 134 valence electrons. The molecule has 1 aromatic rings. The first kappa shape index (κ1) is 18.5. The predicted molar refractivity (Wildman–Crippen MR) is 92.0 cm³/mol. The minimum Gasteiger partial charge on any atom is -0.465 e. The number of hydrogen-bond donors (Lipinski definition) is 0. The van der Waals surface area contributed by atoms with Crippen molar-refractivity contribution in [2.24, 2.45) is 0 Å². The molecule has 24 heavy (non-hydrogen) atoms. The fraction of sp³-hybridized carbons (Fsp3) is 0.722. The van der Waals surface area contributed by atoms with Crippen LogP contribution in [0.25, 0.3) is 0 Å². The lowest BCUT2D eigenvalue weighted by atomic mass is 10.1. The van der Waals surface area contributed by atoms with E-state index >= 15 is 0 Å². The van der Waals surface area contributed by atoms with E-state index in [1.807, 2.05) is 10.7 Å². The zero-order valence-corrected chi connectivity index (χ0v) is 15.6. The van der Waals surface area contributed by atoms with Crippen LogP contribution in [0.1, 0.15) is 76.5 Å². The average molecular weight is 335 g/mol. The molecule has 1 heterocycles. The summed E-state index contributed by atoms with van der Waals surface area (Å²) in [6.45, 7) is 12.5. The first-order valence-corrected chi connectivity index (χ1v) is 8.72. The van der Waals surface area contributed by atoms with Crippen LogP contribution in [-0.4, -0.2) is 45.8 Å². The van der Waals surface area contributed by atoms with Crippen LogP contribution in [0.2, 0.25) is 0 Å². The van der Waals surface area contributed by atoms with Gasteiger partial charge in [-0.2, -0.15) is 5.10 Å². The second-order valence-corrected chi connectivity index (χ2v) is 7.66. The Labute approximate surface area is 144 Å². The van der Waals surface area contributed by atoms with Gasteiger partial charge in [0.1, 0.15) is 6.54 Å². The Morgan fingerprint density at radius 1 is 1.38 bits per heavy atom. The van der Waals surface area contributed by atoms with Crippen LogP contribution in [0.3, 0.4) is 0 Å². The van der Waals surface area contributed by atoms with Gasteiger partial charge in [-0.1, -0.05) is 13.8 Å². The van der Waals surface area contributed by atoms with Gasteiger partial charge in [0, 0.05) is 11.7 Å². The molecule has 0 atom stereocenters. The minimum absolute atomic E-state index is 0.00324. The number of rotatable bonds is 6. The highest BCUT2D eigenvalue weighted by Gasteiger charge is 2.36. The Kier molecular flexibility index (Phi) is 5.35. The van der Waals surface area contributed by atoms with Gasteiger partial charge in [-0.3, -0.25) is 14.3 Å². The van der Waals surface area contributed by atoms with E-state index in [-0.39, 0.29) is 35.9 Å². The van der Waals surface area contributed by atoms with Gasteiger partial charge in [-0.15, -0.1) is 0 Å². The molecule has 0 aromatic carbocycles. The molecule has 0 spiro atoms. The summed E-state index contributed by atoms with van der Waals surface area (Å²) >= 11 is 0. The molecular formula is C18H29N3O3. The smallest absolute Gasteiger partial charge is 0.325 e. The van der Waals surface area contributed by atoms with E-state index in [1.165, 1.54) is 0 Å². The van der Waals surface area contributed by atoms with E-state index in [2.05, 4.69) is 39.7 Å². The molecule has 1 aromatic heterocycles. The molecule has 0 N–H and O–H groups in total. The van der Waals surface area contributed by atoms with Crippen molar-refractivity contribution in [1.82, 2.24) is 14.7 Å². The molecule has 0 radical (unpaired) electrons. The van der Waals surface area contributed by atoms with Crippen LogP contribution >= 0.6 is 0 Å². The SMILES string of the molecule is CCOC(=O)CN(C(=O)c1cc(C(C)C)n(C(C)(C)C)n1)C1CC1. The van der Waals surface area contributed by atoms with E-state index in [9.17, 15) is 9.59 Å². The topological polar surface area (TPSA) is 64.4 Å². The quantitative estimate of drug-likeness (QED) is 0.750. The molecule has 1 aliphatic carbocycles. The van der Waals surface area contributed by atoms with Gasteiger partial charge in [0.15, 0.2) is 5.69 Å². The van der Waals surface area contributed by atoms with E-state index in [0.29, 0.717) is 12.3 Å². The van der Waals surface area contributed by atoms with Gasteiger partial charge in [-0.05, 0) is 52.5 Å². The first-order chi connectivity index (χ1) is 11.1. The Morgan fingerprint density at radius 2 is 2.00 bits per heavy atom. The summed E-state index contributed by atoms with van der Waals surface area (Å²) in [6, 6.07) is 1.99. The normalized spacial score (nSPS) is 14.8. The highest BCUT2D eigenvalue weighted by molar-refractivity contribution is 5.95. The molecule has 1 fully saturated rings. The number of nitrogens with zero attached hydrogens (tertiary/aromatic N) is 3. The maximum atomic E-state index is 12.9. The largest absolute Gasteiger partial charge is 0.465 e. The average Bonchev–Trinajstić information content (AvgIpc) is 3.19. The van der Waals surface area contributed by atoms with Crippen molar-refractivity contribution in [2.45, 2.75) is 71.9 Å². The van der Waals surface area contributed by atoms with Crippen LogP contribution in [0.15, 0.2) is 6.07 Å². The summed E-state index contributed by atoms with van der Waals surface area (Å²) in [5.74, 6) is -0.287. The third-order valence-corrected chi connectivity index (χ3v) is 4.04. The van der Waals surface area contributed by atoms with E-state index in [4.69, 9.17) is 4.74 Å².